The Morgan fingerprint density at radius 3 is 1.93 bits per heavy atom. The molecule has 3 saturated heterocycles. The lowest BCUT2D eigenvalue weighted by Gasteiger charge is -2.37. The van der Waals surface area contributed by atoms with Gasteiger partial charge in [0.2, 0.25) is 11.8 Å². The molecule has 0 bridgehead atoms. The Morgan fingerprint density at radius 1 is 0.656 bits per heavy atom. The number of hydrogen-bond donors (Lipinski definition) is 2. The Bertz CT molecular complexity index is 2380. The monoisotopic (exact) mass is 816 g/mol. The van der Waals surface area contributed by atoms with Crippen LogP contribution in [0.25, 0.3) is 34.0 Å². The lowest BCUT2D eigenvalue weighted by molar-refractivity contribution is -0.139. The number of nitrogens with zero attached hydrogens (tertiary/aromatic N) is 8. The van der Waals surface area contributed by atoms with Gasteiger partial charge in [-0.2, -0.15) is 0 Å². The number of benzene rings is 3. The van der Waals surface area contributed by atoms with Crippen molar-refractivity contribution < 1.29 is 9.59 Å². The van der Waals surface area contributed by atoms with Crippen LogP contribution in [-0.2, 0) is 9.59 Å². The lowest BCUT2D eigenvalue weighted by atomic mass is 10.00. The van der Waals surface area contributed by atoms with Gasteiger partial charge in [-0.15, -0.1) is 0 Å². The number of amides is 2. The van der Waals surface area contributed by atoms with Crippen molar-refractivity contribution >= 4 is 11.8 Å². The predicted molar refractivity (Wildman–Crippen MR) is 237 cm³/mol. The van der Waals surface area contributed by atoms with E-state index in [0.717, 1.165) is 116 Å². The summed E-state index contributed by atoms with van der Waals surface area (Å²) in [6.45, 7) is 6.46. The SMILES string of the molecule is C[C@@H](c1ncc(-c2ccc(-c3nccc(-c4cnc([C@@H]5CCCN5C(=O)[C@@H](c5ccccc5)N5CCCCC5)[nH]4)n3)cc2)[nH]1)N(C)C(=O)[C@@H](c1ccccc1)N1CCCCC1. The number of aromatic amines is 2. The summed E-state index contributed by atoms with van der Waals surface area (Å²) in [5.74, 6) is 2.36. The van der Waals surface area contributed by atoms with E-state index in [4.69, 9.17) is 15.0 Å². The molecule has 0 spiro atoms. The fraction of sp³-hybridized carbons (Fsp3) is 0.388. The average molecular weight is 817 g/mol. The maximum absolute atomic E-state index is 14.4. The zero-order chi connectivity index (χ0) is 41.7. The van der Waals surface area contributed by atoms with E-state index in [1.165, 1.54) is 12.8 Å². The number of rotatable bonds is 12. The molecule has 6 aromatic rings. The van der Waals surface area contributed by atoms with Crippen LogP contribution >= 0.6 is 0 Å². The van der Waals surface area contributed by atoms with Gasteiger partial charge in [-0.05, 0) is 94.4 Å². The first-order valence-electron chi connectivity index (χ1n) is 22.1. The number of carbonyl (C=O) groups is 2. The second-order valence-electron chi connectivity index (χ2n) is 16.8. The number of imidazole rings is 2. The van der Waals surface area contributed by atoms with E-state index < -0.39 is 0 Å². The third-order valence-corrected chi connectivity index (χ3v) is 13.0. The minimum Gasteiger partial charge on any atom is -0.340 e. The number of carbonyl (C=O) groups excluding carboxylic acids is 2. The molecule has 0 radical (unpaired) electrons. The molecule has 314 valence electrons. The maximum Gasteiger partial charge on any atom is 0.245 e. The Kier molecular flexibility index (Phi) is 12.1. The molecule has 4 atom stereocenters. The van der Waals surface area contributed by atoms with Crippen LogP contribution in [0.15, 0.2) is 110 Å². The predicted octanol–water partition coefficient (Wildman–Crippen LogP) is 8.56. The van der Waals surface area contributed by atoms with Gasteiger partial charge < -0.3 is 19.8 Å². The van der Waals surface area contributed by atoms with Crippen LogP contribution in [0.4, 0.5) is 0 Å². The molecule has 3 aromatic heterocycles. The van der Waals surface area contributed by atoms with E-state index in [2.05, 4.69) is 49.0 Å². The number of aromatic nitrogens is 6. The minimum absolute atomic E-state index is 0.0762. The molecule has 0 aliphatic carbocycles. The van der Waals surface area contributed by atoms with Crippen LogP contribution in [0.1, 0.15) is 105 Å². The Morgan fingerprint density at radius 2 is 1.26 bits per heavy atom. The molecule has 3 aliphatic heterocycles. The summed E-state index contributed by atoms with van der Waals surface area (Å²) in [4.78, 5) is 63.3. The molecule has 0 saturated carbocycles. The van der Waals surface area contributed by atoms with Crippen molar-refractivity contribution in [2.24, 2.45) is 0 Å². The van der Waals surface area contributed by atoms with Gasteiger partial charge in [0.15, 0.2) is 5.82 Å². The van der Waals surface area contributed by atoms with Crippen molar-refractivity contribution in [2.75, 3.05) is 39.8 Å². The lowest BCUT2D eigenvalue weighted by Crippen LogP contribution is -2.44. The van der Waals surface area contributed by atoms with Crippen LogP contribution < -0.4 is 0 Å². The molecule has 12 nitrogen and oxygen atoms in total. The van der Waals surface area contributed by atoms with Gasteiger partial charge in [0, 0.05) is 25.4 Å². The number of H-pyrrole nitrogens is 2. The molecular formula is C49H56N10O2. The zero-order valence-corrected chi connectivity index (χ0v) is 35.3. The zero-order valence-electron chi connectivity index (χ0n) is 35.3. The van der Waals surface area contributed by atoms with Crippen molar-refractivity contribution in [3.05, 3.63) is 132 Å². The molecule has 9 rings (SSSR count). The molecular weight excluding hydrogens is 761 g/mol. The summed E-state index contributed by atoms with van der Waals surface area (Å²) in [5.41, 5.74) is 6.34. The van der Waals surface area contributed by atoms with Gasteiger partial charge in [0.25, 0.3) is 0 Å². The quantitative estimate of drug-likeness (QED) is 0.126. The third-order valence-electron chi connectivity index (χ3n) is 13.0. The summed E-state index contributed by atoms with van der Waals surface area (Å²) in [6, 6.07) is 29.4. The van der Waals surface area contributed by atoms with Crippen LogP contribution in [0.2, 0.25) is 0 Å². The molecule has 0 unspecified atom stereocenters. The van der Waals surface area contributed by atoms with E-state index in [0.29, 0.717) is 12.4 Å². The summed E-state index contributed by atoms with van der Waals surface area (Å²) < 4.78 is 0. The Balaban J connectivity index is 0.877. The minimum atomic E-state index is -0.317. The molecule has 61 heavy (non-hydrogen) atoms. The van der Waals surface area contributed by atoms with Gasteiger partial charge >= 0.3 is 0 Å². The van der Waals surface area contributed by atoms with Crippen molar-refractivity contribution in [1.29, 1.82) is 0 Å². The second-order valence-corrected chi connectivity index (χ2v) is 16.8. The molecule has 2 amide bonds. The van der Waals surface area contributed by atoms with E-state index in [1.54, 1.807) is 6.20 Å². The first-order valence-corrected chi connectivity index (χ1v) is 22.1. The summed E-state index contributed by atoms with van der Waals surface area (Å²) in [6.07, 6.45) is 14.1. The number of nitrogens with one attached hydrogen (secondary N) is 2. The maximum atomic E-state index is 14.4. The highest BCUT2D eigenvalue weighted by Crippen LogP contribution is 2.37. The smallest absolute Gasteiger partial charge is 0.245 e. The fourth-order valence-corrected chi connectivity index (χ4v) is 9.46. The van der Waals surface area contributed by atoms with Crippen molar-refractivity contribution in [3.63, 3.8) is 0 Å². The fourth-order valence-electron chi connectivity index (χ4n) is 9.46. The van der Waals surface area contributed by atoms with E-state index >= 15 is 0 Å². The Labute approximate surface area is 358 Å². The van der Waals surface area contributed by atoms with Crippen molar-refractivity contribution in [3.8, 4) is 34.0 Å². The van der Waals surface area contributed by atoms with Gasteiger partial charge in [0.1, 0.15) is 23.7 Å². The molecule has 2 N–H and O–H groups in total. The van der Waals surface area contributed by atoms with Gasteiger partial charge in [0.05, 0.1) is 41.6 Å². The number of piperidine rings is 2. The topological polar surface area (TPSA) is 130 Å². The van der Waals surface area contributed by atoms with E-state index in [9.17, 15) is 9.59 Å². The third kappa shape index (κ3) is 8.65. The van der Waals surface area contributed by atoms with Crippen LogP contribution in [0.3, 0.4) is 0 Å². The second kappa shape index (κ2) is 18.3. The Hall–Kier alpha value is -5.98. The van der Waals surface area contributed by atoms with Gasteiger partial charge in [-0.3, -0.25) is 19.4 Å². The highest BCUT2D eigenvalue weighted by atomic mass is 16.2. The summed E-state index contributed by atoms with van der Waals surface area (Å²) >= 11 is 0. The van der Waals surface area contributed by atoms with Crippen LogP contribution in [0, 0.1) is 0 Å². The van der Waals surface area contributed by atoms with Crippen molar-refractivity contribution in [1.82, 2.24) is 49.5 Å². The standard InChI is InChI=1S/C49H56N10O2/c1-34(56(2)48(60)43(36-16-7-3-8-17-36)57-27-11-5-12-28-57)45-51-32-40(54-45)35-21-23-38(24-22-35)46-50-26-25-39(53-46)41-33-52-47(55-41)42-20-15-31-59(42)49(61)44(37-18-9-4-10-19-37)58-29-13-6-14-30-58/h3-4,7-10,16-19,21-26,32-34,42-44H,5-6,11-15,20,27-31H2,1-2H3,(H,51,54)(H,52,55)/t34-,42-,43+,44+/m0/s1. The molecule has 12 heteroatoms. The van der Waals surface area contributed by atoms with Crippen LogP contribution in [-0.4, -0.2) is 101 Å². The van der Waals surface area contributed by atoms with Crippen molar-refractivity contribution in [2.45, 2.75) is 82.5 Å². The molecule has 6 heterocycles. The summed E-state index contributed by atoms with van der Waals surface area (Å²) in [5, 5.41) is 0. The van der Waals surface area contributed by atoms with Gasteiger partial charge in [-0.1, -0.05) is 97.8 Å². The van der Waals surface area contributed by atoms with Gasteiger partial charge in [-0.25, -0.2) is 19.9 Å². The molecule has 3 fully saturated rings. The van der Waals surface area contributed by atoms with Crippen LogP contribution in [0.5, 0.6) is 0 Å². The van der Waals surface area contributed by atoms with E-state index in [1.807, 2.05) is 103 Å². The normalized spacial score (nSPS) is 19.0. The highest BCUT2D eigenvalue weighted by molar-refractivity contribution is 5.84. The summed E-state index contributed by atoms with van der Waals surface area (Å²) in [7, 11) is 1.88. The number of likely N-dealkylation sites (tertiary alicyclic amines) is 3. The molecule has 3 aromatic carbocycles. The largest absolute Gasteiger partial charge is 0.340 e. The first kappa shape index (κ1) is 40.4. The average Bonchev–Trinajstić information content (AvgIpc) is 4.13. The first-order chi connectivity index (χ1) is 29.9. The molecule has 3 aliphatic rings. The number of hydrogen-bond acceptors (Lipinski definition) is 8. The highest BCUT2D eigenvalue weighted by Gasteiger charge is 2.39. The number of likely N-dealkylation sites (N-methyl/N-ethyl adjacent to an activating group) is 1. The van der Waals surface area contributed by atoms with E-state index in [-0.39, 0.29) is 36.0 Å².